The van der Waals surface area contributed by atoms with Gasteiger partial charge in [-0.05, 0) is 43.2 Å². The van der Waals surface area contributed by atoms with E-state index in [9.17, 15) is 0 Å². The number of aryl methyl sites for hydroxylation is 1. The second-order valence-electron chi connectivity index (χ2n) is 3.86. The molecule has 0 aliphatic carbocycles. The Morgan fingerprint density at radius 3 is 2.25 bits per heavy atom. The Morgan fingerprint density at radius 2 is 1.50 bits per heavy atom. The summed E-state index contributed by atoms with van der Waals surface area (Å²) in [7, 11) is 0. The first kappa shape index (κ1) is 10.6. The number of rotatable bonds is 3. The van der Waals surface area contributed by atoms with Crippen LogP contribution in [0, 0.1) is 13.8 Å². The molecule has 2 heteroatoms. The van der Waals surface area contributed by atoms with Crippen LogP contribution < -0.4 is 10.9 Å². The summed E-state index contributed by atoms with van der Waals surface area (Å²) in [6, 6.07) is 16.3. The van der Waals surface area contributed by atoms with Gasteiger partial charge in [-0.25, -0.2) is 0 Å². The summed E-state index contributed by atoms with van der Waals surface area (Å²) < 4.78 is 0. The van der Waals surface area contributed by atoms with Gasteiger partial charge >= 0.3 is 0 Å². The van der Waals surface area contributed by atoms with Crippen molar-refractivity contribution in [1.82, 2.24) is 0 Å². The van der Waals surface area contributed by atoms with Gasteiger partial charge in [-0.15, -0.1) is 0 Å². The highest BCUT2D eigenvalue weighted by molar-refractivity contribution is 5.58. The lowest BCUT2D eigenvalue weighted by Gasteiger charge is -2.13. The van der Waals surface area contributed by atoms with E-state index in [1.54, 1.807) is 0 Å². The number of benzene rings is 2. The average Bonchev–Trinajstić information content (AvgIpc) is 2.32. The van der Waals surface area contributed by atoms with Gasteiger partial charge in [0, 0.05) is 0 Å². The number of hydrazine groups is 1. The molecule has 0 heterocycles. The van der Waals surface area contributed by atoms with E-state index in [2.05, 4.69) is 42.9 Å². The molecule has 0 aromatic heterocycles. The van der Waals surface area contributed by atoms with E-state index >= 15 is 0 Å². The Balaban J connectivity index is 2.08. The van der Waals surface area contributed by atoms with Crippen LogP contribution in [0.2, 0.25) is 0 Å². The third-order valence-electron chi connectivity index (χ3n) is 2.72. The first-order chi connectivity index (χ1) is 7.77. The number of anilines is 2. The van der Waals surface area contributed by atoms with E-state index in [1.807, 2.05) is 30.3 Å². The van der Waals surface area contributed by atoms with Gasteiger partial charge in [-0.3, -0.25) is 0 Å². The van der Waals surface area contributed by atoms with E-state index in [4.69, 9.17) is 0 Å². The van der Waals surface area contributed by atoms with Crippen LogP contribution in [0.3, 0.4) is 0 Å². The standard InChI is InChI=1S/C14H16N2/c1-11-7-6-10-14(12(11)2)16-15-13-8-4-3-5-9-13/h3-10,15-16H,1-2H3. The highest BCUT2D eigenvalue weighted by atomic mass is 15.4. The fraction of sp³-hybridized carbons (Fsp3) is 0.143. The lowest BCUT2D eigenvalue weighted by molar-refractivity contribution is 1.30. The molecule has 0 bridgehead atoms. The molecule has 0 aliphatic heterocycles. The monoisotopic (exact) mass is 212 g/mol. The summed E-state index contributed by atoms with van der Waals surface area (Å²) in [6.45, 7) is 4.23. The van der Waals surface area contributed by atoms with Crippen molar-refractivity contribution in [2.45, 2.75) is 13.8 Å². The maximum absolute atomic E-state index is 3.22. The van der Waals surface area contributed by atoms with E-state index < -0.39 is 0 Å². The van der Waals surface area contributed by atoms with Crippen LogP contribution in [0.5, 0.6) is 0 Å². The summed E-state index contributed by atoms with van der Waals surface area (Å²) in [5.41, 5.74) is 11.1. The number of nitrogens with one attached hydrogen (secondary N) is 2. The highest BCUT2D eigenvalue weighted by Gasteiger charge is 1.98. The predicted octanol–water partition coefficient (Wildman–Crippen LogP) is 3.74. The van der Waals surface area contributed by atoms with Crippen LogP contribution in [0.4, 0.5) is 11.4 Å². The summed E-state index contributed by atoms with van der Waals surface area (Å²) in [4.78, 5) is 0. The molecule has 2 rings (SSSR count). The minimum absolute atomic E-state index is 1.06. The number of hydrogen-bond acceptors (Lipinski definition) is 2. The Bertz CT molecular complexity index is 463. The summed E-state index contributed by atoms with van der Waals surface area (Å²) >= 11 is 0. The molecule has 0 saturated heterocycles. The predicted molar refractivity (Wildman–Crippen MR) is 69.6 cm³/mol. The molecule has 0 unspecified atom stereocenters. The molecule has 2 aromatic rings. The van der Waals surface area contributed by atoms with Gasteiger partial charge in [0.25, 0.3) is 0 Å². The van der Waals surface area contributed by atoms with E-state index in [-0.39, 0.29) is 0 Å². The normalized spacial score (nSPS) is 9.88. The molecular weight excluding hydrogens is 196 g/mol. The number of para-hydroxylation sites is 1. The van der Waals surface area contributed by atoms with Gasteiger partial charge < -0.3 is 10.9 Å². The smallest absolute Gasteiger partial charge is 0.0571 e. The Morgan fingerprint density at radius 1 is 0.750 bits per heavy atom. The van der Waals surface area contributed by atoms with Crippen molar-refractivity contribution in [3.63, 3.8) is 0 Å². The van der Waals surface area contributed by atoms with Crippen molar-refractivity contribution in [1.29, 1.82) is 0 Å². The molecule has 0 atom stereocenters. The molecule has 0 amide bonds. The Hall–Kier alpha value is -1.96. The molecule has 2 N–H and O–H groups in total. The van der Waals surface area contributed by atoms with E-state index in [0.717, 1.165) is 11.4 Å². The molecule has 16 heavy (non-hydrogen) atoms. The van der Waals surface area contributed by atoms with Crippen molar-refractivity contribution in [3.05, 3.63) is 59.7 Å². The van der Waals surface area contributed by atoms with Gasteiger partial charge in [0.1, 0.15) is 0 Å². The Labute approximate surface area is 96.3 Å². The maximum Gasteiger partial charge on any atom is 0.0571 e. The second kappa shape index (κ2) is 4.71. The molecule has 82 valence electrons. The fourth-order valence-electron chi connectivity index (χ4n) is 1.55. The first-order valence-corrected chi connectivity index (χ1v) is 5.40. The van der Waals surface area contributed by atoms with Crippen LogP contribution in [-0.4, -0.2) is 0 Å². The van der Waals surface area contributed by atoms with Crippen molar-refractivity contribution < 1.29 is 0 Å². The largest absolute Gasteiger partial charge is 0.301 e. The van der Waals surface area contributed by atoms with Crippen molar-refractivity contribution >= 4 is 11.4 Å². The summed E-state index contributed by atoms with van der Waals surface area (Å²) in [5.74, 6) is 0. The zero-order valence-electron chi connectivity index (χ0n) is 9.62. The summed E-state index contributed by atoms with van der Waals surface area (Å²) in [6.07, 6.45) is 0. The third-order valence-corrected chi connectivity index (χ3v) is 2.72. The van der Waals surface area contributed by atoms with Crippen molar-refractivity contribution in [3.8, 4) is 0 Å². The van der Waals surface area contributed by atoms with Gasteiger partial charge in [0.05, 0.1) is 11.4 Å². The van der Waals surface area contributed by atoms with Crippen LogP contribution in [0.25, 0.3) is 0 Å². The van der Waals surface area contributed by atoms with Gasteiger partial charge in [0.15, 0.2) is 0 Å². The minimum Gasteiger partial charge on any atom is -0.301 e. The van der Waals surface area contributed by atoms with Crippen molar-refractivity contribution in [2.75, 3.05) is 10.9 Å². The fourth-order valence-corrected chi connectivity index (χ4v) is 1.55. The molecule has 2 nitrogen and oxygen atoms in total. The van der Waals surface area contributed by atoms with Crippen molar-refractivity contribution in [2.24, 2.45) is 0 Å². The second-order valence-corrected chi connectivity index (χ2v) is 3.86. The number of hydrogen-bond donors (Lipinski definition) is 2. The first-order valence-electron chi connectivity index (χ1n) is 5.40. The zero-order valence-corrected chi connectivity index (χ0v) is 9.62. The molecule has 0 radical (unpaired) electrons. The van der Waals surface area contributed by atoms with E-state index in [1.165, 1.54) is 11.1 Å². The van der Waals surface area contributed by atoms with E-state index in [0.29, 0.717) is 0 Å². The SMILES string of the molecule is Cc1cccc(NNc2ccccc2)c1C. The third kappa shape index (κ3) is 2.34. The molecule has 0 saturated carbocycles. The van der Waals surface area contributed by atoms with Crippen LogP contribution in [-0.2, 0) is 0 Å². The average molecular weight is 212 g/mol. The van der Waals surface area contributed by atoms with Crippen LogP contribution in [0.15, 0.2) is 48.5 Å². The topological polar surface area (TPSA) is 24.1 Å². The van der Waals surface area contributed by atoms with Crippen LogP contribution in [0.1, 0.15) is 11.1 Å². The maximum atomic E-state index is 3.22. The zero-order chi connectivity index (χ0) is 11.4. The van der Waals surface area contributed by atoms with Gasteiger partial charge in [-0.2, -0.15) is 0 Å². The lowest BCUT2D eigenvalue weighted by atomic mass is 10.1. The summed E-state index contributed by atoms with van der Waals surface area (Å²) in [5, 5.41) is 0. The molecule has 2 aromatic carbocycles. The quantitative estimate of drug-likeness (QED) is 0.757. The lowest BCUT2D eigenvalue weighted by Crippen LogP contribution is -2.09. The molecular formula is C14H16N2. The molecule has 0 fully saturated rings. The van der Waals surface area contributed by atoms with Gasteiger partial charge in [0.2, 0.25) is 0 Å². The molecule has 0 aliphatic rings. The molecule has 0 spiro atoms. The highest BCUT2D eigenvalue weighted by Crippen LogP contribution is 2.18. The van der Waals surface area contributed by atoms with Crippen LogP contribution >= 0.6 is 0 Å². The Kier molecular flexibility index (Phi) is 3.10. The van der Waals surface area contributed by atoms with Gasteiger partial charge in [-0.1, -0.05) is 30.3 Å². The minimum atomic E-state index is 1.06.